The van der Waals surface area contributed by atoms with E-state index in [1.165, 1.54) is 16.7 Å². The van der Waals surface area contributed by atoms with Crippen molar-refractivity contribution in [2.24, 2.45) is 5.92 Å². The van der Waals surface area contributed by atoms with E-state index in [0.29, 0.717) is 5.91 Å². The van der Waals surface area contributed by atoms with Crippen molar-refractivity contribution in [3.63, 3.8) is 0 Å². The zero-order valence-electron chi connectivity index (χ0n) is 11.6. The summed E-state index contributed by atoms with van der Waals surface area (Å²) in [5, 5.41) is 3.33. The number of nitrogens with one attached hydrogen (secondary N) is 1. The van der Waals surface area contributed by atoms with Gasteiger partial charge in [-0.15, -0.1) is 0 Å². The summed E-state index contributed by atoms with van der Waals surface area (Å²) in [5.74, 6) is 0.541. The highest BCUT2D eigenvalue weighted by atomic mass is 16.2. The standard InChI is InChI=1S/C16H22N2O/c1-12-4-5-15-11-18(8-6-13(15)9-12)16(19)14-3-2-7-17-10-14/h4-5,9,14,17H,2-3,6-8,10-11H2,1H3. The monoisotopic (exact) mass is 258 g/mol. The topological polar surface area (TPSA) is 32.3 Å². The number of carbonyl (C=O) groups excluding carboxylic acids is 1. The van der Waals surface area contributed by atoms with E-state index in [1.807, 2.05) is 0 Å². The Hall–Kier alpha value is -1.35. The third-order valence-corrected chi connectivity index (χ3v) is 4.33. The van der Waals surface area contributed by atoms with Gasteiger partial charge in [0.1, 0.15) is 0 Å². The number of amides is 1. The summed E-state index contributed by atoms with van der Waals surface area (Å²) in [6.07, 6.45) is 3.17. The van der Waals surface area contributed by atoms with Gasteiger partial charge in [0.2, 0.25) is 5.91 Å². The highest BCUT2D eigenvalue weighted by Crippen LogP contribution is 2.23. The quantitative estimate of drug-likeness (QED) is 0.834. The maximum Gasteiger partial charge on any atom is 0.227 e. The van der Waals surface area contributed by atoms with Gasteiger partial charge in [0.15, 0.2) is 0 Å². The van der Waals surface area contributed by atoms with Crippen LogP contribution in [0.2, 0.25) is 0 Å². The molecular formula is C16H22N2O. The van der Waals surface area contributed by atoms with Gasteiger partial charge in [0, 0.05) is 19.6 Å². The van der Waals surface area contributed by atoms with Crippen LogP contribution in [-0.4, -0.2) is 30.4 Å². The lowest BCUT2D eigenvalue weighted by molar-refractivity contribution is -0.137. The molecule has 1 atom stereocenters. The van der Waals surface area contributed by atoms with Gasteiger partial charge in [-0.3, -0.25) is 4.79 Å². The summed E-state index contributed by atoms with van der Waals surface area (Å²) in [4.78, 5) is 14.6. The first-order chi connectivity index (χ1) is 9.24. The number of nitrogens with zero attached hydrogens (tertiary/aromatic N) is 1. The van der Waals surface area contributed by atoms with E-state index >= 15 is 0 Å². The molecule has 1 amide bonds. The molecule has 0 aromatic heterocycles. The van der Waals surface area contributed by atoms with Crippen molar-refractivity contribution in [2.75, 3.05) is 19.6 Å². The molecule has 2 aliphatic heterocycles. The van der Waals surface area contributed by atoms with Crippen LogP contribution < -0.4 is 5.32 Å². The molecule has 2 aliphatic rings. The summed E-state index contributed by atoms with van der Waals surface area (Å²) in [7, 11) is 0. The molecule has 2 heterocycles. The minimum absolute atomic E-state index is 0.195. The van der Waals surface area contributed by atoms with Crippen LogP contribution in [0.4, 0.5) is 0 Å². The summed E-state index contributed by atoms with van der Waals surface area (Å²) < 4.78 is 0. The van der Waals surface area contributed by atoms with Gasteiger partial charge >= 0.3 is 0 Å². The molecule has 1 fully saturated rings. The molecular weight excluding hydrogens is 236 g/mol. The van der Waals surface area contributed by atoms with Crippen LogP contribution >= 0.6 is 0 Å². The van der Waals surface area contributed by atoms with Crippen molar-refractivity contribution in [1.29, 1.82) is 0 Å². The predicted molar refractivity (Wildman–Crippen MR) is 75.9 cm³/mol. The molecule has 19 heavy (non-hydrogen) atoms. The zero-order chi connectivity index (χ0) is 13.2. The largest absolute Gasteiger partial charge is 0.338 e. The van der Waals surface area contributed by atoms with Gasteiger partial charge in [-0.25, -0.2) is 0 Å². The lowest BCUT2D eigenvalue weighted by Gasteiger charge is -2.33. The highest BCUT2D eigenvalue weighted by molar-refractivity contribution is 5.79. The Bertz CT molecular complexity index is 478. The molecule has 102 valence electrons. The lowest BCUT2D eigenvalue weighted by Crippen LogP contribution is -2.44. The molecule has 0 saturated carbocycles. The average Bonchev–Trinajstić information content (AvgIpc) is 2.47. The number of fused-ring (bicyclic) bond motifs is 1. The van der Waals surface area contributed by atoms with Crippen molar-refractivity contribution in [3.8, 4) is 0 Å². The molecule has 1 saturated heterocycles. The maximum absolute atomic E-state index is 12.5. The van der Waals surface area contributed by atoms with Crippen molar-refractivity contribution in [1.82, 2.24) is 10.2 Å². The molecule has 0 spiro atoms. The first-order valence-electron chi connectivity index (χ1n) is 7.32. The maximum atomic E-state index is 12.5. The minimum Gasteiger partial charge on any atom is -0.338 e. The van der Waals surface area contributed by atoms with E-state index in [4.69, 9.17) is 0 Å². The zero-order valence-corrected chi connectivity index (χ0v) is 11.6. The fourth-order valence-corrected chi connectivity index (χ4v) is 3.19. The van der Waals surface area contributed by atoms with Gasteiger partial charge in [0.25, 0.3) is 0 Å². The Morgan fingerprint density at radius 3 is 3.05 bits per heavy atom. The van der Waals surface area contributed by atoms with Gasteiger partial charge in [-0.2, -0.15) is 0 Å². The van der Waals surface area contributed by atoms with Crippen LogP contribution in [0.25, 0.3) is 0 Å². The van der Waals surface area contributed by atoms with Crippen LogP contribution in [-0.2, 0) is 17.8 Å². The molecule has 0 aliphatic carbocycles. The molecule has 3 nitrogen and oxygen atoms in total. The first kappa shape index (κ1) is 12.7. The van der Waals surface area contributed by atoms with Crippen molar-refractivity contribution in [2.45, 2.75) is 32.7 Å². The number of benzene rings is 1. The minimum atomic E-state index is 0.195. The Balaban J connectivity index is 1.71. The fraction of sp³-hybridized carbons (Fsp3) is 0.562. The first-order valence-corrected chi connectivity index (χ1v) is 7.32. The van der Waals surface area contributed by atoms with Crippen molar-refractivity contribution < 1.29 is 4.79 Å². The summed E-state index contributed by atoms with van der Waals surface area (Å²) in [6.45, 7) is 5.73. The van der Waals surface area contributed by atoms with Crippen LogP contribution in [0.15, 0.2) is 18.2 Å². The second-order valence-electron chi connectivity index (χ2n) is 5.83. The Kier molecular flexibility index (Phi) is 3.56. The normalized spacial score (nSPS) is 23.0. The fourth-order valence-electron chi connectivity index (χ4n) is 3.19. The summed E-state index contributed by atoms with van der Waals surface area (Å²) in [6, 6.07) is 6.59. The van der Waals surface area contributed by atoms with Crippen LogP contribution in [0.5, 0.6) is 0 Å². The Morgan fingerprint density at radius 1 is 1.37 bits per heavy atom. The smallest absolute Gasteiger partial charge is 0.227 e. The predicted octanol–water partition coefficient (Wildman–Crippen LogP) is 1.88. The number of aryl methyl sites for hydroxylation is 1. The number of carbonyl (C=O) groups is 1. The molecule has 3 rings (SSSR count). The number of hydrogen-bond acceptors (Lipinski definition) is 2. The van der Waals surface area contributed by atoms with E-state index in [0.717, 1.165) is 45.4 Å². The lowest BCUT2D eigenvalue weighted by atomic mass is 9.94. The summed E-state index contributed by atoms with van der Waals surface area (Å²) in [5.41, 5.74) is 4.06. The van der Waals surface area contributed by atoms with Gasteiger partial charge in [0.05, 0.1) is 5.92 Å². The second-order valence-corrected chi connectivity index (χ2v) is 5.83. The molecule has 1 aromatic rings. The van der Waals surface area contributed by atoms with E-state index in [2.05, 4.69) is 35.3 Å². The average molecular weight is 258 g/mol. The Labute approximate surface area is 115 Å². The van der Waals surface area contributed by atoms with Crippen molar-refractivity contribution in [3.05, 3.63) is 34.9 Å². The second kappa shape index (κ2) is 5.33. The Morgan fingerprint density at radius 2 is 2.26 bits per heavy atom. The molecule has 3 heteroatoms. The molecule has 0 bridgehead atoms. The third kappa shape index (κ3) is 2.66. The number of rotatable bonds is 1. The molecule has 0 radical (unpaired) electrons. The van der Waals surface area contributed by atoms with E-state index in [9.17, 15) is 4.79 Å². The van der Waals surface area contributed by atoms with Gasteiger partial charge < -0.3 is 10.2 Å². The molecule has 1 N–H and O–H groups in total. The van der Waals surface area contributed by atoms with E-state index in [-0.39, 0.29) is 5.92 Å². The van der Waals surface area contributed by atoms with E-state index in [1.54, 1.807) is 0 Å². The third-order valence-electron chi connectivity index (χ3n) is 4.33. The highest BCUT2D eigenvalue weighted by Gasteiger charge is 2.28. The SMILES string of the molecule is Cc1ccc2c(c1)CCN(C(=O)C1CCCNC1)C2. The summed E-state index contributed by atoms with van der Waals surface area (Å²) >= 11 is 0. The van der Waals surface area contributed by atoms with Gasteiger partial charge in [-0.1, -0.05) is 23.8 Å². The van der Waals surface area contributed by atoms with Crippen molar-refractivity contribution >= 4 is 5.91 Å². The molecule has 1 unspecified atom stereocenters. The van der Waals surface area contributed by atoms with E-state index < -0.39 is 0 Å². The number of piperidine rings is 1. The van der Waals surface area contributed by atoms with Crippen LogP contribution in [0.3, 0.4) is 0 Å². The number of hydrogen-bond donors (Lipinski definition) is 1. The van der Waals surface area contributed by atoms with Gasteiger partial charge in [-0.05, 0) is 43.9 Å². The van der Waals surface area contributed by atoms with Crippen LogP contribution in [0, 0.1) is 12.8 Å². The van der Waals surface area contributed by atoms with Crippen LogP contribution in [0.1, 0.15) is 29.5 Å². The molecule has 1 aromatic carbocycles.